The van der Waals surface area contributed by atoms with Crippen molar-refractivity contribution in [2.75, 3.05) is 6.61 Å². The standard InChI is InChI=1S/C10H9Cl2NO/c1-2-3-14-10-8(11)4-7(6-13)5-9(10)12/h4-5H,2-3H2,1H3. The fourth-order valence-electron chi connectivity index (χ4n) is 0.966. The summed E-state index contributed by atoms with van der Waals surface area (Å²) in [4.78, 5) is 0. The summed E-state index contributed by atoms with van der Waals surface area (Å²) in [5, 5.41) is 9.40. The molecule has 0 saturated heterocycles. The summed E-state index contributed by atoms with van der Waals surface area (Å²) in [5.74, 6) is 0.453. The quantitative estimate of drug-likeness (QED) is 0.793. The second kappa shape index (κ2) is 5.09. The molecule has 0 aliphatic rings. The van der Waals surface area contributed by atoms with E-state index in [1.807, 2.05) is 13.0 Å². The van der Waals surface area contributed by atoms with E-state index in [0.717, 1.165) is 6.42 Å². The molecule has 0 spiro atoms. The Bertz CT molecular complexity index is 348. The predicted molar refractivity (Wildman–Crippen MR) is 57.0 cm³/mol. The molecule has 0 amide bonds. The summed E-state index contributed by atoms with van der Waals surface area (Å²) in [6.07, 6.45) is 0.882. The van der Waals surface area contributed by atoms with Crippen LogP contribution in [-0.4, -0.2) is 6.61 Å². The van der Waals surface area contributed by atoms with Gasteiger partial charge < -0.3 is 4.74 Å². The topological polar surface area (TPSA) is 33.0 Å². The molecule has 0 atom stereocenters. The highest BCUT2D eigenvalue weighted by Crippen LogP contribution is 2.33. The van der Waals surface area contributed by atoms with E-state index in [9.17, 15) is 0 Å². The second-order valence-corrected chi connectivity index (χ2v) is 3.54. The van der Waals surface area contributed by atoms with Crippen LogP contribution in [0.3, 0.4) is 0 Å². The zero-order valence-electron chi connectivity index (χ0n) is 7.68. The molecule has 0 N–H and O–H groups in total. The van der Waals surface area contributed by atoms with Crippen molar-refractivity contribution in [1.29, 1.82) is 5.26 Å². The van der Waals surface area contributed by atoms with Gasteiger partial charge in [-0.15, -0.1) is 0 Å². The van der Waals surface area contributed by atoms with Gasteiger partial charge in [-0.25, -0.2) is 0 Å². The van der Waals surface area contributed by atoms with Crippen LogP contribution in [0.25, 0.3) is 0 Å². The molecule has 2 nitrogen and oxygen atoms in total. The van der Waals surface area contributed by atoms with E-state index in [2.05, 4.69) is 0 Å². The number of nitriles is 1. The highest BCUT2D eigenvalue weighted by molar-refractivity contribution is 6.37. The lowest BCUT2D eigenvalue weighted by Gasteiger charge is -2.08. The average Bonchev–Trinajstić information content (AvgIpc) is 2.16. The van der Waals surface area contributed by atoms with Crippen LogP contribution in [0.5, 0.6) is 5.75 Å². The van der Waals surface area contributed by atoms with Gasteiger partial charge in [-0.3, -0.25) is 0 Å². The molecule has 0 aromatic heterocycles. The van der Waals surface area contributed by atoms with Crippen LogP contribution in [0.15, 0.2) is 12.1 Å². The minimum absolute atomic E-state index is 0.377. The lowest BCUT2D eigenvalue weighted by molar-refractivity contribution is 0.318. The van der Waals surface area contributed by atoms with E-state index in [0.29, 0.717) is 28.0 Å². The van der Waals surface area contributed by atoms with E-state index in [1.54, 1.807) is 12.1 Å². The maximum atomic E-state index is 8.65. The molecule has 14 heavy (non-hydrogen) atoms. The Balaban J connectivity index is 3.01. The molecule has 1 aromatic carbocycles. The molecule has 0 bridgehead atoms. The van der Waals surface area contributed by atoms with Crippen molar-refractivity contribution < 1.29 is 4.74 Å². The molecule has 0 aliphatic heterocycles. The number of ether oxygens (including phenoxy) is 1. The summed E-state index contributed by atoms with van der Waals surface area (Å²) in [6.45, 7) is 2.55. The van der Waals surface area contributed by atoms with Gasteiger partial charge in [-0.05, 0) is 18.6 Å². The Morgan fingerprint density at radius 3 is 2.36 bits per heavy atom. The summed E-state index contributed by atoms with van der Waals surface area (Å²) in [7, 11) is 0. The number of halogens is 2. The van der Waals surface area contributed by atoms with Crippen LogP contribution in [0.1, 0.15) is 18.9 Å². The van der Waals surface area contributed by atoms with Crippen LogP contribution in [0, 0.1) is 11.3 Å². The number of rotatable bonds is 3. The molecule has 0 saturated carbocycles. The Morgan fingerprint density at radius 1 is 1.36 bits per heavy atom. The first kappa shape index (κ1) is 11.2. The monoisotopic (exact) mass is 229 g/mol. The number of hydrogen-bond donors (Lipinski definition) is 0. The fraction of sp³-hybridized carbons (Fsp3) is 0.300. The molecule has 0 fully saturated rings. The van der Waals surface area contributed by atoms with Crippen LogP contribution >= 0.6 is 23.2 Å². The summed E-state index contributed by atoms with van der Waals surface area (Å²) < 4.78 is 5.34. The van der Waals surface area contributed by atoms with Gasteiger partial charge in [-0.1, -0.05) is 30.1 Å². The smallest absolute Gasteiger partial charge is 0.156 e. The van der Waals surface area contributed by atoms with E-state index in [4.69, 9.17) is 33.2 Å². The van der Waals surface area contributed by atoms with Crippen molar-refractivity contribution in [3.05, 3.63) is 27.7 Å². The molecular weight excluding hydrogens is 221 g/mol. The predicted octanol–water partition coefficient (Wildman–Crippen LogP) is 3.65. The number of benzene rings is 1. The Kier molecular flexibility index (Phi) is 4.06. The first-order valence-electron chi connectivity index (χ1n) is 4.21. The van der Waals surface area contributed by atoms with E-state index in [1.165, 1.54) is 0 Å². The van der Waals surface area contributed by atoms with Crippen LogP contribution in [0.2, 0.25) is 10.0 Å². The molecule has 0 radical (unpaired) electrons. The largest absolute Gasteiger partial charge is 0.490 e. The third kappa shape index (κ3) is 2.54. The van der Waals surface area contributed by atoms with Crippen LogP contribution in [0.4, 0.5) is 0 Å². The van der Waals surface area contributed by atoms with Gasteiger partial charge in [0.1, 0.15) is 0 Å². The van der Waals surface area contributed by atoms with E-state index in [-0.39, 0.29) is 0 Å². The Labute approximate surface area is 93.0 Å². The fourth-order valence-corrected chi connectivity index (χ4v) is 1.56. The molecule has 1 aromatic rings. The first-order chi connectivity index (χ1) is 6.69. The lowest BCUT2D eigenvalue weighted by Crippen LogP contribution is -1.96. The van der Waals surface area contributed by atoms with E-state index >= 15 is 0 Å². The van der Waals surface area contributed by atoms with E-state index < -0.39 is 0 Å². The third-order valence-corrected chi connectivity index (χ3v) is 2.14. The Hall–Kier alpha value is -0.910. The van der Waals surface area contributed by atoms with Crippen molar-refractivity contribution >= 4 is 23.2 Å². The molecule has 4 heteroatoms. The minimum Gasteiger partial charge on any atom is -0.490 e. The highest BCUT2D eigenvalue weighted by atomic mass is 35.5. The molecular formula is C10H9Cl2NO. The zero-order valence-corrected chi connectivity index (χ0v) is 9.19. The maximum Gasteiger partial charge on any atom is 0.156 e. The van der Waals surface area contributed by atoms with Crippen molar-refractivity contribution in [2.45, 2.75) is 13.3 Å². The van der Waals surface area contributed by atoms with Gasteiger partial charge in [0.2, 0.25) is 0 Å². The normalized spacial score (nSPS) is 9.57. The van der Waals surface area contributed by atoms with Gasteiger partial charge >= 0.3 is 0 Å². The van der Waals surface area contributed by atoms with Crippen molar-refractivity contribution in [3.8, 4) is 11.8 Å². The summed E-state index contributed by atoms with van der Waals surface area (Å²) in [6, 6.07) is 5.05. The minimum atomic E-state index is 0.377. The SMILES string of the molecule is CCCOc1c(Cl)cc(C#N)cc1Cl. The number of nitrogens with zero attached hydrogens (tertiary/aromatic N) is 1. The molecule has 0 heterocycles. The van der Waals surface area contributed by atoms with Crippen molar-refractivity contribution in [3.63, 3.8) is 0 Å². The molecule has 74 valence electrons. The van der Waals surface area contributed by atoms with Crippen LogP contribution < -0.4 is 4.74 Å². The summed E-state index contributed by atoms with van der Waals surface area (Å²) in [5.41, 5.74) is 0.434. The molecule has 1 rings (SSSR count). The molecule has 0 aliphatic carbocycles. The second-order valence-electron chi connectivity index (χ2n) is 2.73. The maximum absolute atomic E-state index is 8.65. The van der Waals surface area contributed by atoms with Gasteiger partial charge in [0, 0.05) is 0 Å². The van der Waals surface area contributed by atoms with Gasteiger partial charge in [-0.2, -0.15) is 5.26 Å². The van der Waals surface area contributed by atoms with Crippen molar-refractivity contribution in [1.82, 2.24) is 0 Å². The van der Waals surface area contributed by atoms with Gasteiger partial charge in [0.25, 0.3) is 0 Å². The lowest BCUT2D eigenvalue weighted by atomic mass is 10.2. The third-order valence-electron chi connectivity index (χ3n) is 1.58. The van der Waals surface area contributed by atoms with Crippen LogP contribution in [-0.2, 0) is 0 Å². The zero-order chi connectivity index (χ0) is 10.6. The molecule has 0 unspecified atom stereocenters. The average molecular weight is 230 g/mol. The number of hydrogen-bond acceptors (Lipinski definition) is 2. The summed E-state index contributed by atoms with van der Waals surface area (Å²) >= 11 is 11.8. The first-order valence-corrected chi connectivity index (χ1v) is 4.96. The van der Waals surface area contributed by atoms with Gasteiger partial charge in [0.15, 0.2) is 5.75 Å². The highest BCUT2D eigenvalue weighted by Gasteiger charge is 2.08. The van der Waals surface area contributed by atoms with Crippen molar-refractivity contribution in [2.24, 2.45) is 0 Å². The van der Waals surface area contributed by atoms with Gasteiger partial charge in [0.05, 0.1) is 28.3 Å². The Morgan fingerprint density at radius 2 is 1.93 bits per heavy atom.